The second kappa shape index (κ2) is 16.6. The molecular formula is C10H12N4Na2S4. The van der Waals surface area contributed by atoms with Crippen LogP contribution in [0.3, 0.4) is 0 Å². The van der Waals surface area contributed by atoms with E-state index in [4.69, 9.17) is 60.2 Å². The van der Waals surface area contributed by atoms with Crippen LogP contribution in [0.25, 0.3) is 0 Å². The first-order valence-corrected chi connectivity index (χ1v) is 6.82. The fourth-order valence-electron chi connectivity index (χ4n) is 1.20. The molecule has 0 aromatic heterocycles. The molecule has 0 aliphatic carbocycles. The van der Waals surface area contributed by atoms with Gasteiger partial charge in [0.25, 0.3) is 0 Å². The Morgan fingerprint density at radius 2 is 1.10 bits per heavy atom. The summed E-state index contributed by atoms with van der Waals surface area (Å²) in [6.45, 7) is 2.14. The molecule has 0 aromatic carbocycles. The van der Waals surface area contributed by atoms with Gasteiger partial charge in [0, 0.05) is 26.2 Å². The van der Waals surface area contributed by atoms with E-state index in [2.05, 4.69) is 0 Å². The molecule has 0 atom stereocenters. The van der Waals surface area contributed by atoms with Gasteiger partial charge in [-0.15, -0.1) is 0 Å². The van der Waals surface area contributed by atoms with Gasteiger partial charge in [0.2, 0.25) is 0 Å². The van der Waals surface area contributed by atoms with E-state index in [0.717, 1.165) is 0 Å². The average Bonchev–Trinajstić information content (AvgIpc) is 2.31. The van der Waals surface area contributed by atoms with E-state index in [9.17, 15) is 0 Å². The third kappa shape index (κ3) is 12.9. The molecule has 0 spiro atoms. The Morgan fingerprint density at radius 1 is 0.800 bits per heavy atom. The molecule has 0 saturated heterocycles. The van der Waals surface area contributed by atoms with Gasteiger partial charge in [-0.1, -0.05) is 8.64 Å². The van der Waals surface area contributed by atoms with Crippen molar-refractivity contribution in [1.29, 1.82) is 10.5 Å². The third-order valence-corrected chi connectivity index (χ3v) is 3.18. The minimum Gasteiger partial charge on any atom is -0.411 e. The first kappa shape index (κ1) is 26.1. The van der Waals surface area contributed by atoms with Gasteiger partial charge in [-0.3, -0.25) is 0 Å². The van der Waals surface area contributed by atoms with Crippen LogP contribution < -0.4 is 59.1 Å². The predicted molar refractivity (Wildman–Crippen MR) is 83.5 cm³/mol. The summed E-state index contributed by atoms with van der Waals surface area (Å²) in [6.07, 6.45) is 0.737. The third-order valence-electron chi connectivity index (χ3n) is 2.14. The molecule has 0 N–H and O–H groups in total. The van der Waals surface area contributed by atoms with Crippen LogP contribution in [0.2, 0.25) is 0 Å². The van der Waals surface area contributed by atoms with E-state index in [1.807, 2.05) is 12.1 Å². The van der Waals surface area contributed by atoms with Gasteiger partial charge in [0.05, 0.1) is 25.0 Å². The van der Waals surface area contributed by atoms with Crippen LogP contribution in [-0.4, -0.2) is 44.6 Å². The molecule has 20 heavy (non-hydrogen) atoms. The first-order valence-electron chi connectivity index (χ1n) is 5.18. The van der Waals surface area contributed by atoms with E-state index in [1.165, 1.54) is 0 Å². The number of hydrogen-bond donors (Lipinski definition) is 0. The van der Waals surface area contributed by atoms with Crippen LogP contribution in [0.1, 0.15) is 12.8 Å². The Kier molecular flexibility index (Phi) is 21.6. The maximum absolute atomic E-state index is 8.54. The van der Waals surface area contributed by atoms with Crippen molar-refractivity contribution >= 4 is 58.3 Å². The van der Waals surface area contributed by atoms with E-state index in [-0.39, 0.29) is 59.1 Å². The molecule has 4 nitrogen and oxygen atoms in total. The fourth-order valence-corrected chi connectivity index (χ4v) is 1.93. The molecule has 0 radical (unpaired) electrons. The van der Waals surface area contributed by atoms with E-state index in [0.29, 0.717) is 47.7 Å². The van der Waals surface area contributed by atoms with Crippen LogP contribution in [0.4, 0.5) is 0 Å². The van der Waals surface area contributed by atoms with Crippen molar-refractivity contribution in [3.63, 3.8) is 0 Å². The van der Waals surface area contributed by atoms with Gasteiger partial charge in [-0.2, -0.15) is 10.5 Å². The van der Waals surface area contributed by atoms with Gasteiger partial charge in [-0.05, 0) is 0 Å². The Labute approximate surface area is 186 Å². The summed E-state index contributed by atoms with van der Waals surface area (Å²) < 4.78 is 0.668. The number of nitrogens with zero attached hydrogens (tertiary/aromatic N) is 4. The fraction of sp³-hybridized carbons (Fsp3) is 0.600. The van der Waals surface area contributed by atoms with Gasteiger partial charge in [-0.25, -0.2) is 0 Å². The average molecular weight is 362 g/mol. The maximum atomic E-state index is 8.54. The van der Waals surface area contributed by atoms with E-state index in [1.54, 1.807) is 9.80 Å². The summed E-state index contributed by atoms with van der Waals surface area (Å²) in [7, 11) is 0. The maximum Gasteiger partial charge on any atom is 1.00 e. The summed E-state index contributed by atoms with van der Waals surface area (Å²) in [5.41, 5.74) is 0. The van der Waals surface area contributed by atoms with Gasteiger partial charge < -0.3 is 59.5 Å². The molecule has 0 fully saturated rings. The van der Waals surface area contributed by atoms with E-state index < -0.39 is 0 Å². The van der Waals surface area contributed by atoms with Gasteiger partial charge in [0.15, 0.2) is 0 Å². The van der Waals surface area contributed by atoms with Gasteiger partial charge in [0.1, 0.15) is 0 Å². The second-order valence-corrected chi connectivity index (χ2v) is 5.39. The van der Waals surface area contributed by atoms with Crippen molar-refractivity contribution in [3.8, 4) is 12.1 Å². The topological polar surface area (TPSA) is 54.1 Å². The zero-order valence-corrected chi connectivity index (χ0v) is 18.9. The zero-order chi connectivity index (χ0) is 14.0. The quantitative estimate of drug-likeness (QED) is 0.254. The molecule has 0 heterocycles. The van der Waals surface area contributed by atoms with Crippen molar-refractivity contribution < 1.29 is 59.1 Å². The number of rotatable bonds is 7. The first-order chi connectivity index (χ1) is 8.52. The summed E-state index contributed by atoms with van der Waals surface area (Å²) in [5.74, 6) is 0. The Bertz CT molecular complexity index is 344. The normalized spacial score (nSPS) is 8.10. The Balaban J connectivity index is -0.00000144. The molecule has 0 rings (SSSR count). The van der Waals surface area contributed by atoms with E-state index >= 15 is 0 Å². The van der Waals surface area contributed by atoms with Crippen LogP contribution in [0.5, 0.6) is 0 Å². The van der Waals surface area contributed by atoms with Crippen LogP contribution in [0, 0.1) is 22.7 Å². The minimum absolute atomic E-state index is 0. The largest absolute Gasteiger partial charge is 1.00 e. The van der Waals surface area contributed by atoms with Crippen LogP contribution >= 0.6 is 24.4 Å². The zero-order valence-electron chi connectivity index (χ0n) is 11.7. The number of thiocarbonyl (C=S) groups is 2. The van der Waals surface area contributed by atoms with Crippen molar-refractivity contribution in [1.82, 2.24) is 9.80 Å². The van der Waals surface area contributed by atoms with Crippen molar-refractivity contribution in [2.75, 3.05) is 26.2 Å². The van der Waals surface area contributed by atoms with Crippen molar-refractivity contribution in [2.24, 2.45) is 0 Å². The number of hydrogen-bond acceptors (Lipinski definition) is 6. The molecule has 0 unspecified atom stereocenters. The van der Waals surface area contributed by atoms with Gasteiger partial charge >= 0.3 is 59.1 Å². The Morgan fingerprint density at radius 3 is 1.30 bits per heavy atom. The van der Waals surface area contributed by atoms with Crippen molar-refractivity contribution in [2.45, 2.75) is 12.8 Å². The summed E-state index contributed by atoms with van der Waals surface area (Å²) in [4.78, 5) is 3.53. The molecule has 0 aliphatic heterocycles. The summed E-state index contributed by atoms with van der Waals surface area (Å²) >= 11 is 19.7. The molecule has 0 aliphatic rings. The molecule has 98 valence electrons. The molecule has 0 aromatic rings. The molecule has 10 heteroatoms. The molecule has 0 bridgehead atoms. The molecule has 0 saturated carbocycles. The SMILES string of the molecule is N#CCCN(CCN(CCC#N)C(=S)[S-])C(=S)[S-].[Na+].[Na+]. The smallest absolute Gasteiger partial charge is 0.411 e. The predicted octanol–water partition coefficient (Wildman–Crippen LogP) is -4.91. The minimum atomic E-state index is 0. The molecule has 0 amide bonds. The second-order valence-electron chi connectivity index (χ2n) is 3.32. The number of nitriles is 2. The van der Waals surface area contributed by atoms with Crippen molar-refractivity contribution in [3.05, 3.63) is 0 Å². The summed E-state index contributed by atoms with van der Waals surface area (Å²) in [5, 5.41) is 17.1. The summed E-state index contributed by atoms with van der Waals surface area (Å²) in [6, 6.07) is 4.09. The monoisotopic (exact) mass is 362 g/mol. The van der Waals surface area contributed by atoms with Crippen LogP contribution in [-0.2, 0) is 25.3 Å². The van der Waals surface area contributed by atoms with Crippen LogP contribution in [0.15, 0.2) is 0 Å². The Hall–Kier alpha value is 1.20. The molecular weight excluding hydrogens is 350 g/mol. The standard InChI is InChI=1S/C10H14N4S4.2Na/c11-3-1-5-13(9(15)16)7-8-14(10(17)18)6-2-4-12;;/h1-2,5-8H2,(H,15,16)(H,17,18);;/q;2*+1/p-2.